The summed E-state index contributed by atoms with van der Waals surface area (Å²) >= 11 is 0. The number of carbonyl (C=O) groups is 1. The predicted octanol–water partition coefficient (Wildman–Crippen LogP) is 3.27. The Balaban J connectivity index is 2.51. The van der Waals surface area contributed by atoms with Gasteiger partial charge in [-0.25, -0.2) is 0 Å². The number of rotatable bonds is 4. The Morgan fingerprint density at radius 2 is 2.24 bits per heavy atom. The minimum Gasteiger partial charge on any atom is -0.386 e. The van der Waals surface area contributed by atoms with Gasteiger partial charge >= 0.3 is 0 Å². The van der Waals surface area contributed by atoms with E-state index in [0.29, 0.717) is 18.1 Å². The average molecular weight is 236 g/mol. The lowest BCUT2D eigenvalue weighted by atomic mass is 9.79. The lowest BCUT2D eigenvalue weighted by Gasteiger charge is -2.24. The van der Waals surface area contributed by atoms with Gasteiger partial charge in [-0.1, -0.05) is 30.7 Å². The van der Waals surface area contributed by atoms with Crippen LogP contribution >= 0.6 is 0 Å². The van der Waals surface area contributed by atoms with Crippen molar-refractivity contribution in [3.05, 3.63) is 23.8 Å². The third-order valence-corrected chi connectivity index (χ3v) is 3.31. The largest absolute Gasteiger partial charge is 0.386 e. The van der Waals surface area contributed by atoms with Crippen molar-refractivity contribution in [3.63, 3.8) is 0 Å². The maximum atomic E-state index is 11.9. The quantitative estimate of drug-likeness (QED) is 0.761. The number of Topliss-reactive ketones (excluding diaryl/α,β-unsaturated/α-hetero) is 1. The Hall–Kier alpha value is -0.890. The van der Waals surface area contributed by atoms with Crippen LogP contribution in [0.15, 0.2) is 23.8 Å². The van der Waals surface area contributed by atoms with Crippen molar-refractivity contribution in [1.82, 2.24) is 0 Å². The van der Waals surface area contributed by atoms with E-state index in [1.54, 1.807) is 19.9 Å². The van der Waals surface area contributed by atoms with Gasteiger partial charge in [-0.15, -0.1) is 0 Å². The highest BCUT2D eigenvalue weighted by Gasteiger charge is 2.26. The van der Waals surface area contributed by atoms with Crippen molar-refractivity contribution in [2.45, 2.75) is 52.6 Å². The van der Waals surface area contributed by atoms with Gasteiger partial charge in [0, 0.05) is 12.3 Å². The maximum Gasteiger partial charge on any atom is 0.140 e. The van der Waals surface area contributed by atoms with Crippen LogP contribution in [-0.4, -0.2) is 16.5 Å². The van der Waals surface area contributed by atoms with E-state index in [1.807, 2.05) is 13.0 Å². The number of hydrogen-bond donors (Lipinski definition) is 1. The van der Waals surface area contributed by atoms with Crippen LogP contribution in [0, 0.1) is 11.8 Å². The molecule has 0 radical (unpaired) electrons. The van der Waals surface area contributed by atoms with Crippen LogP contribution in [0.4, 0.5) is 0 Å². The summed E-state index contributed by atoms with van der Waals surface area (Å²) in [5.74, 6) is 0.879. The smallest absolute Gasteiger partial charge is 0.140 e. The second-order valence-electron chi connectivity index (χ2n) is 5.80. The van der Waals surface area contributed by atoms with Gasteiger partial charge in [0.2, 0.25) is 0 Å². The standard InChI is InChI=1S/C15H24O2/c1-11-7-8-13(14(16)10-11)12(2)6-5-9-15(3,4)17/h5,7,9,12-13,17H,6,8,10H2,1-4H3. The van der Waals surface area contributed by atoms with E-state index < -0.39 is 5.60 Å². The summed E-state index contributed by atoms with van der Waals surface area (Å²) < 4.78 is 0. The average Bonchev–Trinajstić information content (AvgIpc) is 2.15. The first-order valence-electron chi connectivity index (χ1n) is 6.38. The molecule has 0 spiro atoms. The SMILES string of the molecule is CC1=CCC(C(C)CC=CC(C)(C)O)C(=O)C1. The zero-order chi connectivity index (χ0) is 13.1. The molecule has 2 heteroatoms. The van der Waals surface area contributed by atoms with Gasteiger partial charge in [0.25, 0.3) is 0 Å². The van der Waals surface area contributed by atoms with E-state index in [-0.39, 0.29) is 5.92 Å². The second kappa shape index (κ2) is 5.63. The molecule has 0 heterocycles. The van der Waals surface area contributed by atoms with Crippen LogP contribution in [0.2, 0.25) is 0 Å². The molecule has 0 bridgehead atoms. The predicted molar refractivity (Wildman–Crippen MR) is 70.7 cm³/mol. The van der Waals surface area contributed by atoms with E-state index in [2.05, 4.69) is 13.0 Å². The number of ketones is 1. The van der Waals surface area contributed by atoms with Crippen molar-refractivity contribution in [2.75, 3.05) is 0 Å². The first kappa shape index (κ1) is 14.2. The Kier molecular flexibility index (Phi) is 4.70. The highest BCUT2D eigenvalue weighted by molar-refractivity contribution is 5.84. The van der Waals surface area contributed by atoms with Crippen molar-refractivity contribution >= 4 is 5.78 Å². The normalized spacial score (nSPS) is 23.9. The molecule has 2 nitrogen and oxygen atoms in total. The molecule has 1 rings (SSSR count). The Labute approximate surface area is 104 Å². The molecule has 2 atom stereocenters. The van der Waals surface area contributed by atoms with Gasteiger partial charge in [-0.2, -0.15) is 0 Å². The lowest BCUT2D eigenvalue weighted by Crippen LogP contribution is -2.24. The van der Waals surface area contributed by atoms with E-state index in [1.165, 1.54) is 5.57 Å². The van der Waals surface area contributed by atoms with E-state index in [4.69, 9.17) is 0 Å². The molecular formula is C15H24O2. The number of allylic oxidation sites excluding steroid dienone is 3. The molecule has 0 fully saturated rings. The summed E-state index contributed by atoms with van der Waals surface area (Å²) in [4.78, 5) is 11.9. The van der Waals surface area contributed by atoms with Crippen LogP contribution in [-0.2, 0) is 4.79 Å². The van der Waals surface area contributed by atoms with Crippen LogP contribution in [0.1, 0.15) is 47.0 Å². The Morgan fingerprint density at radius 3 is 2.76 bits per heavy atom. The fraction of sp³-hybridized carbons (Fsp3) is 0.667. The van der Waals surface area contributed by atoms with Crippen LogP contribution in [0.5, 0.6) is 0 Å². The third kappa shape index (κ3) is 4.86. The molecule has 17 heavy (non-hydrogen) atoms. The fourth-order valence-corrected chi connectivity index (χ4v) is 2.22. The molecule has 0 aromatic rings. The second-order valence-corrected chi connectivity index (χ2v) is 5.80. The summed E-state index contributed by atoms with van der Waals surface area (Å²) in [5, 5.41) is 9.56. The van der Waals surface area contributed by atoms with Crippen LogP contribution in [0.3, 0.4) is 0 Å². The van der Waals surface area contributed by atoms with Crippen molar-refractivity contribution in [1.29, 1.82) is 0 Å². The molecule has 2 unspecified atom stereocenters. The molecule has 0 saturated carbocycles. The van der Waals surface area contributed by atoms with Gasteiger partial charge in [0.1, 0.15) is 5.78 Å². The zero-order valence-corrected chi connectivity index (χ0v) is 11.4. The number of carbonyl (C=O) groups excluding carboxylic acids is 1. The van der Waals surface area contributed by atoms with Gasteiger partial charge in [0.05, 0.1) is 5.60 Å². The molecule has 0 aliphatic heterocycles. The first-order valence-corrected chi connectivity index (χ1v) is 6.38. The summed E-state index contributed by atoms with van der Waals surface area (Å²) in [6.07, 6.45) is 8.32. The molecule has 0 aromatic heterocycles. The topological polar surface area (TPSA) is 37.3 Å². The highest BCUT2D eigenvalue weighted by atomic mass is 16.3. The molecule has 1 aliphatic rings. The maximum absolute atomic E-state index is 11.9. The zero-order valence-electron chi connectivity index (χ0n) is 11.4. The monoisotopic (exact) mass is 236 g/mol. The lowest BCUT2D eigenvalue weighted by molar-refractivity contribution is -0.123. The number of aliphatic hydroxyl groups is 1. The summed E-state index contributed by atoms with van der Waals surface area (Å²) in [6, 6.07) is 0. The minimum absolute atomic E-state index is 0.158. The molecular weight excluding hydrogens is 212 g/mol. The van der Waals surface area contributed by atoms with Gasteiger partial charge in [-0.3, -0.25) is 4.79 Å². The van der Waals surface area contributed by atoms with Gasteiger partial charge < -0.3 is 5.11 Å². The summed E-state index contributed by atoms with van der Waals surface area (Å²) in [5.41, 5.74) is 0.442. The van der Waals surface area contributed by atoms with Gasteiger partial charge in [-0.05, 0) is 39.5 Å². The first-order chi connectivity index (χ1) is 7.79. The van der Waals surface area contributed by atoms with Crippen molar-refractivity contribution < 1.29 is 9.90 Å². The minimum atomic E-state index is -0.757. The highest BCUT2D eigenvalue weighted by Crippen LogP contribution is 2.28. The molecule has 96 valence electrons. The molecule has 1 N–H and O–H groups in total. The van der Waals surface area contributed by atoms with E-state index in [0.717, 1.165) is 12.8 Å². The Morgan fingerprint density at radius 1 is 1.59 bits per heavy atom. The third-order valence-electron chi connectivity index (χ3n) is 3.31. The molecule has 0 amide bonds. The molecule has 1 aliphatic carbocycles. The molecule has 0 saturated heterocycles. The van der Waals surface area contributed by atoms with Gasteiger partial charge in [0.15, 0.2) is 0 Å². The van der Waals surface area contributed by atoms with Crippen LogP contribution < -0.4 is 0 Å². The van der Waals surface area contributed by atoms with Crippen molar-refractivity contribution in [3.8, 4) is 0 Å². The number of hydrogen-bond acceptors (Lipinski definition) is 2. The summed E-state index contributed by atoms with van der Waals surface area (Å²) in [7, 11) is 0. The molecule has 0 aromatic carbocycles. The Bertz CT molecular complexity index is 331. The van der Waals surface area contributed by atoms with Crippen molar-refractivity contribution in [2.24, 2.45) is 11.8 Å². The summed E-state index contributed by atoms with van der Waals surface area (Å²) in [6.45, 7) is 7.65. The van der Waals surface area contributed by atoms with E-state index in [9.17, 15) is 9.90 Å². The van der Waals surface area contributed by atoms with E-state index >= 15 is 0 Å². The fourth-order valence-electron chi connectivity index (χ4n) is 2.22. The van der Waals surface area contributed by atoms with Crippen LogP contribution in [0.25, 0.3) is 0 Å².